The molecule has 0 aliphatic carbocycles. The average molecular weight is 206 g/mol. The molecule has 0 saturated carbocycles. The van der Waals surface area contributed by atoms with Crippen molar-refractivity contribution < 1.29 is 5.11 Å². The predicted octanol–water partition coefficient (Wildman–Crippen LogP) is 3.14. The molecule has 0 amide bonds. The Morgan fingerprint density at radius 3 is 1.07 bits per heavy atom. The van der Waals surface area contributed by atoms with Crippen LogP contribution >= 0.6 is 9.90 Å². The lowest BCUT2D eigenvalue weighted by Crippen LogP contribution is -1.56. The molecule has 1 unspecified atom stereocenters. The molecular weight excluding hydrogens is 191 g/mol. The van der Waals surface area contributed by atoms with Crippen molar-refractivity contribution in [3.63, 3.8) is 0 Å². The lowest BCUT2D eigenvalue weighted by molar-refractivity contribution is 0.475. The maximum Gasteiger partial charge on any atom is 0.115 e. The standard InChI is InChI=1S/C6H6O.C6H6.H3P/c7-6-4-2-1-3-5-6;1-2-4-6-5-3-1;/h1-5,7H;1-6H;1H3. The van der Waals surface area contributed by atoms with Crippen molar-refractivity contribution in [3.05, 3.63) is 66.7 Å². The van der Waals surface area contributed by atoms with E-state index >= 15 is 0 Å². The Morgan fingerprint density at radius 1 is 0.571 bits per heavy atom. The zero-order valence-electron chi connectivity index (χ0n) is 8.01. The molecule has 2 aromatic rings. The predicted molar refractivity (Wildman–Crippen MR) is 65.7 cm³/mol. The number of hydrogen-bond acceptors (Lipinski definition) is 1. The molecule has 0 aromatic heterocycles. The van der Waals surface area contributed by atoms with Crippen LogP contribution in [0.4, 0.5) is 0 Å². The second kappa shape index (κ2) is 8.28. The fraction of sp³-hybridized carbons (Fsp3) is 0. The Morgan fingerprint density at radius 2 is 0.857 bits per heavy atom. The monoisotopic (exact) mass is 206 g/mol. The van der Waals surface area contributed by atoms with Gasteiger partial charge in [0.25, 0.3) is 0 Å². The summed E-state index contributed by atoms with van der Waals surface area (Å²) in [5.74, 6) is 0.322. The minimum Gasteiger partial charge on any atom is -0.508 e. The zero-order valence-corrected chi connectivity index (χ0v) is 9.42. The van der Waals surface area contributed by atoms with E-state index in [2.05, 4.69) is 0 Å². The van der Waals surface area contributed by atoms with Gasteiger partial charge in [-0.3, -0.25) is 0 Å². The van der Waals surface area contributed by atoms with Crippen molar-refractivity contribution in [1.82, 2.24) is 0 Å². The molecule has 0 spiro atoms. The van der Waals surface area contributed by atoms with Gasteiger partial charge in [-0.1, -0.05) is 54.6 Å². The Kier molecular flexibility index (Phi) is 7.49. The number of para-hydroxylation sites is 1. The molecule has 0 bridgehead atoms. The molecule has 0 aliphatic heterocycles. The van der Waals surface area contributed by atoms with E-state index in [-0.39, 0.29) is 9.90 Å². The minimum atomic E-state index is 0. The van der Waals surface area contributed by atoms with Crippen LogP contribution < -0.4 is 0 Å². The highest BCUT2D eigenvalue weighted by Gasteiger charge is 1.74. The molecule has 0 fully saturated rings. The first kappa shape index (κ1) is 12.7. The Labute approximate surface area is 88.0 Å². The van der Waals surface area contributed by atoms with Crippen LogP contribution in [-0.2, 0) is 0 Å². The SMILES string of the molecule is Oc1ccccc1.P.c1ccccc1. The summed E-state index contributed by atoms with van der Waals surface area (Å²) in [6.07, 6.45) is 0. The highest BCUT2D eigenvalue weighted by Crippen LogP contribution is 2.02. The molecular formula is C12H15OP. The van der Waals surface area contributed by atoms with Gasteiger partial charge < -0.3 is 5.11 Å². The van der Waals surface area contributed by atoms with E-state index < -0.39 is 0 Å². The van der Waals surface area contributed by atoms with Gasteiger partial charge in [-0.15, -0.1) is 0 Å². The maximum absolute atomic E-state index is 8.63. The summed E-state index contributed by atoms with van der Waals surface area (Å²) in [6, 6.07) is 20.7. The van der Waals surface area contributed by atoms with Crippen LogP contribution in [0.15, 0.2) is 66.7 Å². The maximum atomic E-state index is 8.63. The third-order valence-corrected chi connectivity index (χ3v) is 1.42. The van der Waals surface area contributed by atoms with Gasteiger partial charge in [-0.25, -0.2) is 0 Å². The van der Waals surface area contributed by atoms with E-state index in [4.69, 9.17) is 5.11 Å². The summed E-state index contributed by atoms with van der Waals surface area (Å²) in [6.45, 7) is 0. The van der Waals surface area contributed by atoms with E-state index in [1.807, 2.05) is 42.5 Å². The molecule has 1 N–H and O–H groups in total. The van der Waals surface area contributed by atoms with Gasteiger partial charge in [-0.05, 0) is 12.1 Å². The second-order valence-electron chi connectivity index (χ2n) is 2.49. The number of rotatable bonds is 0. The summed E-state index contributed by atoms with van der Waals surface area (Å²) in [5, 5.41) is 8.63. The van der Waals surface area contributed by atoms with Crippen molar-refractivity contribution in [1.29, 1.82) is 0 Å². The smallest absolute Gasteiger partial charge is 0.115 e. The van der Waals surface area contributed by atoms with Crippen LogP contribution in [0.3, 0.4) is 0 Å². The van der Waals surface area contributed by atoms with Gasteiger partial charge in [0.15, 0.2) is 0 Å². The van der Waals surface area contributed by atoms with E-state index in [1.165, 1.54) is 0 Å². The number of benzene rings is 2. The number of hydrogen-bond donors (Lipinski definition) is 1. The molecule has 1 nitrogen and oxygen atoms in total. The average Bonchev–Trinajstić information content (AvgIpc) is 2.22. The fourth-order valence-corrected chi connectivity index (χ4v) is 0.813. The Hall–Kier alpha value is -1.33. The van der Waals surface area contributed by atoms with Crippen molar-refractivity contribution in [2.75, 3.05) is 0 Å². The third kappa shape index (κ3) is 6.22. The van der Waals surface area contributed by atoms with Crippen LogP contribution in [0.1, 0.15) is 0 Å². The molecule has 74 valence electrons. The highest BCUT2D eigenvalue weighted by atomic mass is 31.0. The number of aromatic hydroxyl groups is 1. The lowest BCUT2D eigenvalue weighted by Gasteiger charge is -1.82. The van der Waals surface area contributed by atoms with Crippen LogP contribution in [0.2, 0.25) is 0 Å². The number of phenolic OH excluding ortho intramolecular Hbond substituents is 1. The first-order chi connectivity index (χ1) is 6.39. The van der Waals surface area contributed by atoms with Gasteiger partial charge in [0.1, 0.15) is 5.75 Å². The highest BCUT2D eigenvalue weighted by molar-refractivity contribution is 6.92. The van der Waals surface area contributed by atoms with Crippen LogP contribution in [0, 0.1) is 0 Å². The van der Waals surface area contributed by atoms with Crippen molar-refractivity contribution in [3.8, 4) is 5.75 Å². The van der Waals surface area contributed by atoms with Gasteiger partial charge in [0.05, 0.1) is 0 Å². The largest absolute Gasteiger partial charge is 0.508 e. The summed E-state index contributed by atoms with van der Waals surface area (Å²) >= 11 is 0. The van der Waals surface area contributed by atoms with E-state index in [1.54, 1.807) is 24.3 Å². The van der Waals surface area contributed by atoms with Crippen molar-refractivity contribution in [2.24, 2.45) is 0 Å². The molecule has 1 atom stereocenters. The van der Waals surface area contributed by atoms with E-state index in [0.717, 1.165) is 0 Å². The van der Waals surface area contributed by atoms with Gasteiger partial charge in [-0.2, -0.15) is 9.90 Å². The van der Waals surface area contributed by atoms with Crippen LogP contribution in [0.5, 0.6) is 5.75 Å². The molecule has 2 aromatic carbocycles. The summed E-state index contributed by atoms with van der Waals surface area (Å²) < 4.78 is 0. The van der Waals surface area contributed by atoms with Crippen LogP contribution in [-0.4, -0.2) is 5.11 Å². The molecule has 2 heteroatoms. The summed E-state index contributed by atoms with van der Waals surface area (Å²) in [7, 11) is 0. The van der Waals surface area contributed by atoms with E-state index in [9.17, 15) is 0 Å². The summed E-state index contributed by atoms with van der Waals surface area (Å²) in [4.78, 5) is 0. The molecule has 0 radical (unpaired) electrons. The second-order valence-corrected chi connectivity index (χ2v) is 2.49. The molecule has 0 aliphatic rings. The first-order valence-electron chi connectivity index (χ1n) is 4.13. The normalized spacial score (nSPS) is 7.71. The minimum absolute atomic E-state index is 0. The van der Waals surface area contributed by atoms with Gasteiger partial charge in [0, 0.05) is 0 Å². The Balaban J connectivity index is 0.000000227. The molecule has 14 heavy (non-hydrogen) atoms. The number of phenols is 1. The fourth-order valence-electron chi connectivity index (χ4n) is 0.813. The quantitative estimate of drug-likeness (QED) is 0.656. The van der Waals surface area contributed by atoms with E-state index in [0.29, 0.717) is 5.75 Å². The lowest BCUT2D eigenvalue weighted by atomic mass is 10.3. The topological polar surface area (TPSA) is 20.2 Å². The summed E-state index contributed by atoms with van der Waals surface area (Å²) in [5.41, 5.74) is 0. The molecule has 0 saturated heterocycles. The third-order valence-electron chi connectivity index (χ3n) is 1.42. The molecule has 2 rings (SSSR count). The van der Waals surface area contributed by atoms with Gasteiger partial charge >= 0.3 is 0 Å². The van der Waals surface area contributed by atoms with Crippen molar-refractivity contribution >= 4 is 9.90 Å². The first-order valence-corrected chi connectivity index (χ1v) is 4.13. The zero-order chi connectivity index (χ0) is 9.36. The Bertz CT molecular complexity index is 281. The van der Waals surface area contributed by atoms with Gasteiger partial charge in [0.2, 0.25) is 0 Å². The molecule has 0 heterocycles. The van der Waals surface area contributed by atoms with Crippen molar-refractivity contribution in [2.45, 2.75) is 0 Å². The van der Waals surface area contributed by atoms with Crippen LogP contribution in [0.25, 0.3) is 0 Å².